The monoisotopic (exact) mass is 359 g/mol. The number of hydroxylamine groups is 2. The van der Waals surface area contributed by atoms with Crippen LogP contribution >= 0.6 is 0 Å². The molecule has 2 amide bonds. The Bertz CT molecular complexity index is 1000. The number of nitrogens with zero attached hydrogens (tertiary/aromatic N) is 1. The van der Waals surface area contributed by atoms with Crippen LogP contribution in [0.25, 0.3) is 10.8 Å². The van der Waals surface area contributed by atoms with E-state index in [0.717, 1.165) is 16.3 Å². The number of benzene rings is 3. The first-order chi connectivity index (χ1) is 13.1. The first kappa shape index (κ1) is 17.0. The molecule has 0 fully saturated rings. The smallest absolute Gasteiger partial charge is 0.329 e. The summed E-state index contributed by atoms with van der Waals surface area (Å²) in [7, 11) is 0. The summed E-state index contributed by atoms with van der Waals surface area (Å²) in [4.78, 5) is 43.2. The number of hydrogen-bond donors (Lipinski definition) is 0. The molecule has 3 aromatic carbocycles. The van der Waals surface area contributed by atoms with E-state index >= 15 is 0 Å². The van der Waals surface area contributed by atoms with Crippen molar-refractivity contribution >= 4 is 28.6 Å². The highest BCUT2D eigenvalue weighted by Gasteiger charge is 2.40. The second-order valence-corrected chi connectivity index (χ2v) is 6.43. The second kappa shape index (κ2) is 6.68. The van der Waals surface area contributed by atoms with Crippen LogP contribution in [0.3, 0.4) is 0 Å². The molecule has 1 heterocycles. The fourth-order valence-corrected chi connectivity index (χ4v) is 3.37. The molecule has 0 saturated carbocycles. The number of imide groups is 1. The van der Waals surface area contributed by atoms with Crippen molar-refractivity contribution in [3.05, 3.63) is 83.4 Å². The topological polar surface area (TPSA) is 63.7 Å². The van der Waals surface area contributed by atoms with Crippen molar-refractivity contribution < 1.29 is 19.2 Å². The third-order valence-corrected chi connectivity index (χ3v) is 4.79. The summed E-state index contributed by atoms with van der Waals surface area (Å²) in [6, 6.07) is 19.9. The average molecular weight is 359 g/mol. The van der Waals surface area contributed by atoms with E-state index in [1.807, 2.05) is 61.5 Å². The van der Waals surface area contributed by atoms with Gasteiger partial charge in [-0.15, -0.1) is 0 Å². The van der Waals surface area contributed by atoms with Gasteiger partial charge < -0.3 is 4.84 Å². The second-order valence-electron chi connectivity index (χ2n) is 6.43. The van der Waals surface area contributed by atoms with Crippen LogP contribution in [0.4, 0.5) is 0 Å². The molecule has 0 N–H and O–H groups in total. The molecule has 0 saturated heterocycles. The van der Waals surface area contributed by atoms with E-state index in [0.29, 0.717) is 11.5 Å². The van der Waals surface area contributed by atoms with Crippen molar-refractivity contribution in [1.82, 2.24) is 5.06 Å². The number of hydrogen-bond acceptors (Lipinski definition) is 4. The minimum absolute atomic E-state index is 0.249. The minimum atomic E-state index is -0.622. The molecule has 0 spiro atoms. The summed E-state index contributed by atoms with van der Waals surface area (Å²) in [5.41, 5.74) is 1.28. The van der Waals surface area contributed by atoms with Gasteiger partial charge in [-0.2, -0.15) is 0 Å². The van der Waals surface area contributed by atoms with Crippen LogP contribution in [0.2, 0.25) is 0 Å². The zero-order valence-corrected chi connectivity index (χ0v) is 14.7. The van der Waals surface area contributed by atoms with Gasteiger partial charge in [-0.1, -0.05) is 66.6 Å². The lowest BCUT2D eigenvalue weighted by Gasteiger charge is -2.18. The Morgan fingerprint density at radius 3 is 1.93 bits per heavy atom. The highest BCUT2D eigenvalue weighted by Crippen LogP contribution is 2.29. The maximum absolute atomic E-state index is 12.7. The van der Waals surface area contributed by atoms with E-state index in [1.54, 1.807) is 12.1 Å². The van der Waals surface area contributed by atoms with Crippen LogP contribution in [0.1, 0.15) is 45.5 Å². The van der Waals surface area contributed by atoms with Crippen LogP contribution in [0, 0.1) is 0 Å². The third-order valence-electron chi connectivity index (χ3n) is 4.79. The van der Waals surface area contributed by atoms with Crippen LogP contribution < -0.4 is 0 Å². The Labute approximate surface area is 156 Å². The van der Waals surface area contributed by atoms with E-state index in [2.05, 4.69) is 0 Å². The maximum atomic E-state index is 12.7. The highest BCUT2D eigenvalue weighted by atomic mass is 16.7. The van der Waals surface area contributed by atoms with E-state index in [-0.39, 0.29) is 11.1 Å². The number of rotatable bonds is 4. The average Bonchev–Trinajstić information content (AvgIpc) is 2.92. The molecule has 1 aliphatic rings. The molecule has 5 heteroatoms. The summed E-state index contributed by atoms with van der Waals surface area (Å²) >= 11 is 0. The Hall–Kier alpha value is -3.47. The lowest BCUT2D eigenvalue weighted by molar-refractivity contribution is -0.170. The Balaban J connectivity index is 1.63. The van der Waals surface area contributed by atoms with Gasteiger partial charge in [0.25, 0.3) is 11.8 Å². The molecule has 0 bridgehead atoms. The van der Waals surface area contributed by atoms with Crippen LogP contribution in [0.15, 0.2) is 66.7 Å². The van der Waals surface area contributed by atoms with Crippen LogP contribution in [-0.2, 0) is 9.63 Å². The summed E-state index contributed by atoms with van der Waals surface area (Å²) in [6.45, 7) is 1.86. The Morgan fingerprint density at radius 2 is 1.41 bits per heavy atom. The molecule has 134 valence electrons. The maximum Gasteiger partial charge on any atom is 0.340 e. The van der Waals surface area contributed by atoms with Crippen molar-refractivity contribution in [1.29, 1.82) is 0 Å². The normalized spacial score (nSPS) is 14.3. The fourth-order valence-electron chi connectivity index (χ4n) is 3.37. The van der Waals surface area contributed by atoms with Gasteiger partial charge in [-0.3, -0.25) is 9.59 Å². The molecule has 0 aromatic heterocycles. The van der Waals surface area contributed by atoms with Crippen molar-refractivity contribution in [2.24, 2.45) is 0 Å². The molecule has 27 heavy (non-hydrogen) atoms. The molecule has 0 radical (unpaired) electrons. The van der Waals surface area contributed by atoms with Gasteiger partial charge in [0.2, 0.25) is 0 Å². The number of amides is 2. The summed E-state index contributed by atoms with van der Waals surface area (Å²) in [5.74, 6) is -2.40. The molecule has 1 aliphatic heterocycles. The zero-order valence-electron chi connectivity index (χ0n) is 14.7. The largest absolute Gasteiger partial charge is 0.340 e. The minimum Gasteiger partial charge on any atom is -0.329 e. The third kappa shape index (κ3) is 2.87. The molecular formula is C22H17NO4. The summed E-state index contributed by atoms with van der Waals surface area (Å²) < 4.78 is 0. The first-order valence-corrected chi connectivity index (χ1v) is 8.78. The molecule has 4 rings (SSSR count). The lowest BCUT2D eigenvalue weighted by atomic mass is 9.97. The van der Waals surface area contributed by atoms with Gasteiger partial charge >= 0.3 is 5.97 Å². The van der Waals surface area contributed by atoms with Crippen molar-refractivity contribution in [2.75, 3.05) is 0 Å². The van der Waals surface area contributed by atoms with Crippen molar-refractivity contribution in [3.63, 3.8) is 0 Å². The van der Waals surface area contributed by atoms with Gasteiger partial charge in [0.15, 0.2) is 0 Å². The number of fused-ring (bicyclic) bond motifs is 2. The van der Waals surface area contributed by atoms with Gasteiger partial charge in [0.05, 0.1) is 17.0 Å². The molecule has 3 aromatic rings. The van der Waals surface area contributed by atoms with Gasteiger partial charge in [0, 0.05) is 0 Å². The van der Waals surface area contributed by atoms with E-state index < -0.39 is 23.7 Å². The van der Waals surface area contributed by atoms with Gasteiger partial charge in [-0.25, -0.2) is 4.79 Å². The Kier molecular flexibility index (Phi) is 4.20. The summed E-state index contributed by atoms with van der Waals surface area (Å²) in [6.07, 6.45) is 0.496. The standard InChI is InChI=1S/C22H17NO4/c1-2-17(14-8-4-3-5-9-14)22(26)27-23-20(24)18-12-15-10-6-7-11-16(15)13-19(18)21(23)25/h3-13,17H,2H2,1H3. The van der Waals surface area contributed by atoms with E-state index in [1.165, 1.54) is 0 Å². The van der Waals surface area contributed by atoms with Crippen LogP contribution in [0.5, 0.6) is 0 Å². The fraction of sp³-hybridized carbons (Fsp3) is 0.136. The van der Waals surface area contributed by atoms with Gasteiger partial charge in [-0.05, 0) is 34.9 Å². The van der Waals surface area contributed by atoms with Crippen molar-refractivity contribution in [2.45, 2.75) is 19.3 Å². The quantitative estimate of drug-likeness (QED) is 0.658. The van der Waals surface area contributed by atoms with Crippen LogP contribution in [-0.4, -0.2) is 22.8 Å². The Morgan fingerprint density at radius 1 is 0.889 bits per heavy atom. The number of carbonyl (C=O) groups is 3. The first-order valence-electron chi connectivity index (χ1n) is 8.78. The molecule has 0 aliphatic carbocycles. The van der Waals surface area contributed by atoms with Crippen molar-refractivity contribution in [3.8, 4) is 0 Å². The van der Waals surface area contributed by atoms with E-state index in [4.69, 9.17) is 4.84 Å². The highest BCUT2D eigenvalue weighted by molar-refractivity contribution is 6.22. The van der Waals surface area contributed by atoms with E-state index in [9.17, 15) is 14.4 Å². The molecule has 1 unspecified atom stereocenters. The SMILES string of the molecule is CCC(C(=O)ON1C(=O)c2cc3ccccc3cc2C1=O)c1ccccc1. The molecule has 1 atom stereocenters. The zero-order chi connectivity index (χ0) is 19.0. The molecule has 5 nitrogen and oxygen atoms in total. The predicted octanol–water partition coefficient (Wildman–Crippen LogP) is 4.09. The predicted molar refractivity (Wildman–Crippen MR) is 100 cm³/mol. The number of carbonyl (C=O) groups excluding carboxylic acids is 3. The summed E-state index contributed by atoms with van der Waals surface area (Å²) in [5, 5.41) is 2.28. The van der Waals surface area contributed by atoms with Gasteiger partial charge in [0.1, 0.15) is 0 Å². The molecular weight excluding hydrogens is 342 g/mol. The lowest BCUT2D eigenvalue weighted by Crippen LogP contribution is -2.34.